The smallest absolute Gasteiger partial charge is 0.237 e. The van der Waals surface area contributed by atoms with E-state index in [0.717, 1.165) is 22.3 Å². The van der Waals surface area contributed by atoms with Crippen molar-refractivity contribution in [3.63, 3.8) is 0 Å². The number of hydrogen-bond acceptors (Lipinski definition) is 5. The van der Waals surface area contributed by atoms with Gasteiger partial charge in [-0.15, -0.1) is 11.3 Å². The van der Waals surface area contributed by atoms with Crippen LogP contribution in [0.15, 0.2) is 35.8 Å². The van der Waals surface area contributed by atoms with Crippen molar-refractivity contribution < 1.29 is 8.42 Å². The molecule has 0 aliphatic rings. The third-order valence-electron chi connectivity index (χ3n) is 4.54. The van der Waals surface area contributed by atoms with Gasteiger partial charge in [-0.05, 0) is 69.5 Å². The van der Waals surface area contributed by atoms with Crippen LogP contribution in [0.4, 0.5) is 11.4 Å². The van der Waals surface area contributed by atoms with E-state index in [2.05, 4.69) is 34.9 Å². The van der Waals surface area contributed by atoms with E-state index in [1.54, 1.807) is 44.2 Å². The Kier molecular flexibility index (Phi) is 5.18. The average molecular weight is 404 g/mol. The van der Waals surface area contributed by atoms with Crippen LogP contribution in [-0.2, 0) is 16.6 Å². The molecule has 0 saturated carbocycles. The standard InChI is InChI=1S/C20H25N3O2S2/c1-13-10-17(14(2)19-18(13)22-12-26-19)21-11-15-6-8-16(9-7-15)23-27(24,25)20(3,4)5/h6-10,12,21,23H,11H2,1-5H3. The molecule has 3 rings (SSSR count). The van der Waals surface area contributed by atoms with E-state index in [1.165, 1.54) is 10.3 Å². The number of rotatable bonds is 5. The van der Waals surface area contributed by atoms with Gasteiger partial charge in [-0.1, -0.05) is 12.1 Å². The summed E-state index contributed by atoms with van der Waals surface area (Å²) in [6, 6.07) is 9.58. The number of nitrogens with one attached hydrogen (secondary N) is 2. The number of aryl methyl sites for hydroxylation is 2. The van der Waals surface area contributed by atoms with Gasteiger partial charge in [-0.3, -0.25) is 4.72 Å². The lowest BCUT2D eigenvalue weighted by atomic mass is 10.1. The SMILES string of the molecule is Cc1cc(NCc2ccc(NS(=O)(=O)C(C)(C)C)cc2)c(C)c2scnc12. The first-order chi connectivity index (χ1) is 12.6. The topological polar surface area (TPSA) is 71.1 Å². The number of anilines is 2. The van der Waals surface area contributed by atoms with E-state index in [4.69, 9.17) is 0 Å². The lowest BCUT2D eigenvalue weighted by Crippen LogP contribution is -2.33. The van der Waals surface area contributed by atoms with Crippen LogP contribution in [0.2, 0.25) is 0 Å². The lowest BCUT2D eigenvalue weighted by molar-refractivity contribution is 0.566. The average Bonchev–Trinajstić information content (AvgIpc) is 3.07. The van der Waals surface area contributed by atoms with Gasteiger partial charge in [0.25, 0.3) is 0 Å². The van der Waals surface area contributed by atoms with Crippen molar-refractivity contribution in [2.45, 2.75) is 45.9 Å². The highest BCUT2D eigenvalue weighted by atomic mass is 32.2. The molecule has 0 amide bonds. The van der Waals surface area contributed by atoms with E-state index in [0.29, 0.717) is 12.2 Å². The number of thiazole rings is 1. The maximum atomic E-state index is 12.2. The molecule has 3 aromatic rings. The Morgan fingerprint density at radius 3 is 2.41 bits per heavy atom. The monoisotopic (exact) mass is 403 g/mol. The Labute approximate surface area is 164 Å². The summed E-state index contributed by atoms with van der Waals surface area (Å²) in [6.45, 7) is 9.88. The van der Waals surface area contributed by atoms with Crippen LogP contribution >= 0.6 is 11.3 Å². The molecule has 7 heteroatoms. The molecule has 27 heavy (non-hydrogen) atoms. The molecular formula is C20H25N3O2S2. The predicted molar refractivity (Wildman–Crippen MR) is 115 cm³/mol. The van der Waals surface area contributed by atoms with Gasteiger partial charge in [0.2, 0.25) is 10.0 Å². The molecule has 0 saturated heterocycles. The number of hydrogen-bond donors (Lipinski definition) is 2. The Bertz CT molecular complexity index is 1060. The van der Waals surface area contributed by atoms with Crippen molar-refractivity contribution in [3.05, 3.63) is 52.5 Å². The van der Waals surface area contributed by atoms with Gasteiger partial charge in [-0.25, -0.2) is 13.4 Å². The first-order valence-corrected chi connectivity index (χ1v) is 11.1. The second-order valence-electron chi connectivity index (χ2n) is 7.66. The zero-order valence-electron chi connectivity index (χ0n) is 16.3. The summed E-state index contributed by atoms with van der Waals surface area (Å²) in [5.41, 5.74) is 8.06. The van der Waals surface area contributed by atoms with Gasteiger partial charge >= 0.3 is 0 Å². The van der Waals surface area contributed by atoms with Crippen molar-refractivity contribution in [1.82, 2.24) is 4.98 Å². The Morgan fingerprint density at radius 2 is 1.78 bits per heavy atom. The van der Waals surface area contributed by atoms with Crippen molar-refractivity contribution in [3.8, 4) is 0 Å². The predicted octanol–water partition coefficient (Wildman–Crippen LogP) is 5.07. The number of fused-ring (bicyclic) bond motifs is 1. The second-order valence-corrected chi connectivity index (χ2v) is 11.0. The molecule has 0 unspecified atom stereocenters. The largest absolute Gasteiger partial charge is 0.381 e. The Morgan fingerprint density at radius 1 is 1.11 bits per heavy atom. The fourth-order valence-corrected chi connectivity index (χ4v) is 4.32. The quantitative estimate of drug-likeness (QED) is 0.624. The number of aromatic nitrogens is 1. The minimum atomic E-state index is -3.41. The molecule has 5 nitrogen and oxygen atoms in total. The molecule has 144 valence electrons. The lowest BCUT2D eigenvalue weighted by Gasteiger charge is -2.20. The molecule has 0 spiro atoms. The molecule has 1 heterocycles. The molecule has 0 radical (unpaired) electrons. The van der Waals surface area contributed by atoms with Crippen LogP contribution in [0.3, 0.4) is 0 Å². The first-order valence-electron chi connectivity index (χ1n) is 8.77. The van der Waals surface area contributed by atoms with Gasteiger partial charge in [-0.2, -0.15) is 0 Å². The molecule has 0 atom stereocenters. The van der Waals surface area contributed by atoms with Gasteiger partial charge < -0.3 is 5.32 Å². The summed E-state index contributed by atoms with van der Waals surface area (Å²) < 4.78 is 27.5. The van der Waals surface area contributed by atoms with Crippen molar-refractivity contribution in [2.24, 2.45) is 0 Å². The third-order valence-corrected chi connectivity index (χ3v) is 7.60. The van der Waals surface area contributed by atoms with Crippen LogP contribution in [-0.4, -0.2) is 18.1 Å². The van der Waals surface area contributed by atoms with E-state index < -0.39 is 14.8 Å². The van der Waals surface area contributed by atoms with Crippen LogP contribution in [0.5, 0.6) is 0 Å². The highest BCUT2D eigenvalue weighted by molar-refractivity contribution is 7.94. The van der Waals surface area contributed by atoms with Crippen LogP contribution in [0, 0.1) is 13.8 Å². The number of nitrogens with zero attached hydrogens (tertiary/aromatic N) is 1. The summed E-state index contributed by atoms with van der Waals surface area (Å²) in [4.78, 5) is 4.43. The molecule has 0 aliphatic carbocycles. The molecule has 0 aliphatic heterocycles. The maximum Gasteiger partial charge on any atom is 0.237 e. The van der Waals surface area contributed by atoms with Crippen LogP contribution in [0.1, 0.15) is 37.5 Å². The summed E-state index contributed by atoms with van der Waals surface area (Å²) in [5.74, 6) is 0. The first kappa shape index (κ1) is 19.6. The van der Waals surface area contributed by atoms with Gasteiger partial charge in [0.05, 0.1) is 20.5 Å². The highest BCUT2D eigenvalue weighted by Gasteiger charge is 2.28. The summed E-state index contributed by atoms with van der Waals surface area (Å²) >= 11 is 1.66. The van der Waals surface area contributed by atoms with Crippen LogP contribution in [0.25, 0.3) is 10.2 Å². The Balaban J connectivity index is 1.72. The van der Waals surface area contributed by atoms with Crippen molar-refractivity contribution in [2.75, 3.05) is 10.0 Å². The van der Waals surface area contributed by atoms with E-state index in [9.17, 15) is 8.42 Å². The maximum absolute atomic E-state index is 12.2. The van der Waals surface area contributed by atoms with Gasteiger partial charge in [0, 0.05) is 17.9 Å². The second kappa shape index (κ2) is 7.13. The molecule has 1 aromatic heterocycles. The summed E-state index contributed by atoms with van der Waals surface area (Å²) in [7, 11) is -3.41. The minimum Gasteiger partial charge on any atom is -0.381 e. The molecular weight excluding hydrogens is 378 g/mol. The zero-order valence-corrected chi connectivity index (χ0v) is 17.9. The fraction of sp³-hybridized carbons (Fsp3) is 0.350. The van der Waals surface area contributed by atoms with E-state index >= 15 is 0 Å². The molecule has 2 aromatic carbocycles. The fourth-order valence-electron chi connectivity index (χ4n) is 2.69. The summed E-state index contributed by atoms with van der Waals surface area (Å²) in [5, 5.41) is 3.48. The molecule has 0 fully saturated rings. The molecule has 0 bridgehead atoms. The van der Waals surface area contributed by atoms with Gasteiger partial charge in [0.15, 0.2) is 0 Å². The highest BCUT2D eigenvalue weighted by Crippen LogP contribution is 2.31. The molecule has 2 N–H and O–H groups in total. The van der Waals surface area contributed by atoms with Crippen molar-refractivity contribution >= 4 is 43.0 Å². The third kappa shape index (κ3) is 4.09. The van der Waals surface area contributed by atoms with Crippen LogP contribution < -0.4 is 10.0 Å². The summed E-state index contributed by atoms with van der Waals surface area (Å²) in [6.07, 6.45) is 0. The van der Waals surface area contributed by atoms with E-state index in [-0.39, 0.29) is 0 Å². The van der Waals surface area contributed by atoms with E-state index in [1.807, 2.05) is 17.6 Å². The number of sulfonamides is 1. The number of benzene rings is 2. The minimum absolute atomic E-state index is 0.576. The zero-order chi connectivity index (χ0) is 19.8. The van der Waals surface area contributed by atoms with Crippen molar-refractivity contribution in [1.29, 1.82) is 0 Å². The van der Waals surface area contributed by atoms with Gasteiger partial charge in [0.1, 0.15) is 0 Å². The Hall–Kier alpha value is -2.12. The normalized spacial score (nSPS) is 12.3.